The SMILES string of the molecule is CCc1ccc(C(=O)OCC(=O)Nc2sc3c(c2C(N)=O)CC[C@H](C)C3)cc1. The highest BCUT2D eigenvalue weighted by Gasteiger charge is 2.27. The van der Waals surface area contributed by atoms with Crippen LogP contribution in [0, 0.1) is 5.92 Å². The first-order valence-corrected chi connectivity index (χ1v) is 10.2. The second-order valence-corrected chi connectivity index (χ2v) is 8.20. The molecule has 6 nitrogen and oxygen atoms in total. The average molecular weight is 401 g/mol. The minimum absolute atomic E-state index is 0.390. The predicted octanol–water partition coefficient (Wildman–Crippen LogP) is 3.33. The largest absolute Gasteiger partial charge is 0.452 e. The van der Waals surface area contributed by atoms with Gasteiger partial charge in [0.1, 0.15) is 5.00 Å². The number of anilines is 1. The first-order valence-electron chi connectivity index (χ1n) is 9.39. The number of hydrogen-bond acceptors (Lipinski definition) is 5. The van der Waals surface area contributed by atoms with Crippen LogP contribution in [0.5, 0.6) is 0 Å². The minimum Gasteiger partial charge on any atom is -0.452 e. The van der Waals surface area contributed by atoms with Crippen molar-refractivity contribution in [2.45, 2.75) is 39.5 Å². The Morgan fingerprint density at radius 2 is 1.96 bits per heavy atom. The number of rotatable bonds is 6. The summed E-state index contributed by atoms with van der Waals surface area (Å²) in [5.74, 6) is -1.06. The van der Waals surface area contributed by atoms with Gasteiger partial charge in [-0.3, -0.25) is 9.59 Å². The smallest absolute Gasteiger partial charge is 0.338 e. The number of nitrogens with one attached hydrogen (secondary N) is 1. The molecule has 0 fully saturated rings. The molecule has 0 aliphatic heterocycles. The summed E-state index contributed by atoms with van der Waals surface area (Å²) < 4.78 is 5.09. The molecule has 1 atom stereocenters. The van der Waals surface area contributed by atoms with E-state index in [0.29, 0.717) is 22.0 Å². The Bertz CT molecular complexity index is 902. The standard InChI is InChI=1S/C21H24N2O4S/c1-3-13-5-7-14(8-6-13)21(26)27-11-17(24)23-20-18(19(22)25)15-9-4-12(2)10-16(15)28-20/h5-8,12H,3-4,9-11H2,1-2H3,(H2,22,25)(H,23,24)/t12-/m0/s1. The van der Waals surface area contributed by atoms with Crippen LogP contribution >= 0.6 is 11.3 Å². The van der Waals surface area contributed by atoms with Crippen LogP contribution in [0.1, 0.15) is 57.0 Å². The molecule has 1 aliphatic carbocycles. The molecule has 0 saturated carbocycles. The number of carbonyl (C=O) groups is 3. The van der Waals surface area contributed by atoms with Crippen molar-refractivity contribution in [3.05, 3.63) is 51.4 Å². The lowest BCUT2D eigenvalue weighted by Crippen LogP contribution is -2.23. The summed E-state index contributed by atoms with van der Waals surface area (Å²) in [7, 11) is 0. The number of fused-ring (bicyclic) bond motifs is 1. The molecule has 0 saturated heterocycles. The maximum absolute atomic E-state index is 12.3. The number of thiophene rings is 1. The molecule has 3 N–H and O–H groups in total. The number of primary amides is 1. The third-order valence-electron chi connectivity index (χ3n) is 4.94. The molecule has 2 amide bonds. The van der Waals surface area contributed by atoms with E-state index in [1.54, 1.807) is 12.1 Å². The number of benzene rings is 1. The van der Waals surface area contributed by atoms with Gasteiger partial charge in [-0.2, -0.15) is 0 Å². The second-order valence-electron chi connectivity index (χ2n) is 7.09. The van der Waals surface area contributed by atoms with E-state index >= 15 is 0 Å². The quantitative estimate of drug-likeness (QED) is 0.727. The summed E-state index contributed by atoms with van der Waals surface area (Å²) in [6.45, 7) is 3.77. The predicted molar refractivity (Wildman–Crippen MR) is 109 cm³/mol. The number of amides is 2. The molecular formula is C21H24N2O4S. The normalized spacial score (nSPS) is 15.6. The Kier molecular flexibility index (Phi) is 6.14. The summed E-state index contributed by atoms with van der Waals surface area (Å²) in [5, 5.41) is 3.13. The molecule has 1 aromatic heterocycles. The van der Waals surface area contributed by atoms with Crippen molar-refractivity contribution in [3.8, 4) is 0 Å². The number of nitrogens with two attached hydrogens (primary N) is 1. The van der Waals surface area contributed by atoms with Gasteiger partial charge in [0.2, 0.25) is 0 Å². The summed E-state index contributed by atoms with van der Waals surface area (Å²) >= 11 is 1.38. The van der Waals surface area contributed by atoms with Crippen molar-refractivity contribution in [3.63, 3.8) is 0 Å². The highest BCUT2D eigenvalue weighted by atomic mass is 32.1. The summed E-state index contributed by atoms with van der Waals surface area (Å²) in [6.07, 6.45) is 3.53. The Balaban J connectivity index is 1.64. The van der Waals surface area contributed by atoms with E-state index in [1.165, 1.54) is 11.3 Å². The van der Waals surface area contributed by atoms with E-state index in [-0.39, 0.29) is 0 Å². The number of ether oxygens (including phenoxy) is 1. The van der Waals surface area contributed by atoms with Gasteiger partial charge in [-0.05, 0) is 54.9 Å². The molecule has 7 heteroatoms. The van der Waals surface area contributed by atoms with Crippen LogP contribution in [-0.4, -0.2) is 24.4 Å². The molecule has 0 spiro atoms. The molecule has 0 bridgehead atoms. The molecule has 0 unspecified atom stereocenters. The Morgan fingerprint density at radius 3 is 2.61 bits per heavy atom. The first-order chi connectivity index (χ1) is 13.4. The van der Waals surface area contributed by atoms with Gasteiger partial charge < -0.3 is 15.8 Å². The molecule has 1 heterocycles. The monoisotopic (exact) mass is 400 g/mol. The maximum atomic E-state index is 12.3. The van der Waals surface area contributed by atoms with Crippen molar-refractivity contribution in [2.24, 2.45) is 11.7 Å². The van der Waals surface area contributed by atoms with E-state index in [2.05, 4.69) is 12.2 Å². The van der Waals surface area contributed by atoms with Crippen LogP contribution in [0.3, 0.4) is 0 Å². The van der Waals surface area contributed by atoms with E-state index in [4.69, 9.17) is 10.5 Å². The zero-order valence-electron chi connectivity index (χ0n) is 16.0. The fourth-order valence-corrected chi connectivity index (χ4v) is 4.79. The Morgan fingerprint density at radius 1 is 1.25 bits per heavy atom. The average Bonchev–Trinajstić information content (AvgIpc) is 3.03. The Hall–Kier alpha value is -2.67. The third-order valence-corrected chi connectivity index (χ3v) is 6.11. The maximum Gasteiger partial charge on any atom is 0.338 e. The van der Waals surface area contributed by atoms with E-state index in [1.807, 2.05) is 19.1 Å². The van der Waals surface area contributed by atoms with Crippen molar-refractivity contribution in [1.82, 2.24) is 0 Å². The summed E-state index contributed by atoms with van der Waals surface area (Å²) in [5.41, 5.74) is 8.39. The van der Waals surface area contributed by atoms with Gasteiger partial charge in [0.05, 0.1) is 11.1 Å². The van der Waals surface area contributed by atoms with Gasteiger partial charge in [-0.25, -0.2) is 4.79 Å². The van der Waals surface area contributed by atoms with Gasteiger partial charge in [0, 0.05) is 4.88 Å². The van der Waals surface area contributed by atoms with Crippen molar-refractivity contribution < 1.29 is 19.1 Å². The van der Waals surface area contributed by atoms with Crippen molar-refractivity contribution in [2.75, 3.05) is 11.9 Å². The van der Waals surface area contributed by atoms with Crippen molar-refractivity contribution in [1.29, 1.82) is 0 Å². The molecular weight excluding hydrogens is 376 g/mol. The van der Waals surface area contributed by atoms with Crippen LogP contribution in [0.4, 0.5) is 5.00 Å². The molecule has 1 aromatic carbocycles. The molecule has 28 heavy (non-hydrogen) atoms. The fourth-order valence-electron chi connectivity index (χ4n) is 3.35. The van der Waals surface area contributed by atoms with Gasteiger partial charge in [0.25, 0.3) is 11.8 Å². The minimum atomic E-state index is -0.563. The molecule has 1 aliphatic rings. The van der Waals surface area contributed by atoms with E-state index < -0.39 is 24.4 Å². The fraction of sp³-hybridized carbons (Fsp3) is 0.381. The first kappa shape index (κ1) is 20.1. The van der Waals surface area contributed by atoms with E-state index in [0.717, 1.165) is 41.7 Å². The summed E-state index contributed by atoms with van der Waals surface area (Å²) in [4.78, 5) is 37.4. The second kappa shape index (κ2) is 8.56. The third kappa shape index (κ3) is 4.42. The molecule has 3 rings (SSSR count). The van der Waals surface area contributed by atoms with Gasteiger partial charge in [0.15, 0.2) is 6.61 Å². The number of aryl methyl sites for hydroxylation is 1. The zero-order valence-corrected chi connectivity index (χ0v) is 16.9. The number of hydrogen-bond donors (Lipinski definition) is 2. The Labute approximate surface area is 168 Å². The highest BCUT2D eigenvalue weighted by Crippen LogP contribution is 2.39. The zero-order chi connectivity index (χ0) is 20.3. The molecule has 0 radical (unpaired) electrons. The van der Waals surface area contributed by atoms with Crippen LogP contribution in [0.2, 0.25) is 0 Å². The van der Waals surface area contributed by atoms with Crippen LogP contribution in [0.25, 0.3) is 0 Å². The van der Waals surface area contributed by atoms with Gasteiger partial charge in [-0.15, -0.1) is 11.3 Å². The molecule has 2 aromatic rings. The number of carbonyl (C=O) groups excluding carboxylic acids is 3. The topological polar surface area (TPSA) is 98.5 Å². The highest BCUT2D eigenvalue weighted by molar-refractivity contribution is 7.17. The summed E-state index contributed by atoms with van der Waals surface area (Å²) in [6, 6.07) is 7.07. The lowest BCUT2D eigenvalue weighted by molar-refractivity contribution is -0.119. The van der Waals surface area contributed by atoms with Crippen LogP contribution in [0.15, 0.2) is 24.3 Å². The lowest BCUT2D eigenvalue weighted by atomic mass is 9.88. The van der Waals surface area contributed by atoms with Gasteiger partial charge >= 0.3 is 5.97 Å². The van der Waals surface area contributed by atoms with E-state index in [9.17, 15) is 14.4 Å². The van der Waals surface area contributed by atoms with Crippen molar-refractivity contribution >= 4 is 34.1 Å². The lowest BCUT2D eigenvalue weighted by Gasteiger charge is -2.18. The number of esters is 1. The van der Waals surface area contributed by atoms with Crippen LogP contribution in [-0.2, 0) is 28.8 Å². The van der Waals surface area contributed by atoms with Crippen LogP contribution < -0.4 is 11.1 Å². The van der Waals surface area contributed by atoms with Gasteiger partial charge in [-0.1, -0.05) is 26.0 Å². The molecule has 148 valence electrons.